The Morgan fingerprint density at radius 2 is 1.94 bits per heavy atom. The molecule has 1 aromatic heterocycles. The topological polar surface area (TPSA) is 87.2 Å². The van der Waals surface area contributed by atoms with Crippen LogP contribution in [-0.4, -0.2) is 91.2 Å². The maximum absolute atomic E-state index is 13.9. The molecular weight excluding hydrogens is 477 g/mol. The number of carbonyl (C=O) groups excluding carboxylic acids is 1. The van der Waals surface area contributed by atoms with Crippen molar-refractivity contribution in [2.45, 2.75) is 69.5 Å². The number of anilines is 1. The van der Waals surface area contributed by atoms with Gasteiger partial charge in [0.1, 0.15) is 11.5 Å². The molecule has 3 aliphatic rings. The van der Waals surface area contributed by atoms with E-state index in [9.17, 15) is 23.1 Å². The van der Waals surface area contributed by atoms with Crippen LogP contribution in [0, 0.1) is 5.41 Å². The molecule has 0 spiro atoms. The van der Waals surface area contributed by atoms with Gasteiger partial charge in [-0.15, -0.1) is 0 Å². The number of piperazine rings is 1. The highest BCUT2D eigenvalue weighted by Crippen LogP contribution is 2.48. The largest absolute Gasteiger partial charge is 0.433 e. The van der Waals surface area contributed by atoms with Crippen LogP contribution in [0.4, 0.5) is 19.0 Å². The molecule has 8 nitrogen and oxygen atoms in total. The highest BCUT2D eigenvalue weighted by atomic mass is 19.4. The normalized spacial score (nSPS) is 30.0. The Morgan fingerprint density at radius 1 is 1.22 bits per heavy atom. The number of ether oxygens (including phenoxy) is 2. The molecule has 1 aliphatic carbocycles. The number of aromatic nitrogens is 1. The fourth-order valence-corrected chi connectivity index (χ4v) is 5.84. The molecule has 11 heteroatoms. The molecule has 1 aromatic rings. The van der Waals surface area contributed by atoms with E-state index in [1.807, 2.05) is 0 Å². The van der Waals surface area contributed by atoms with Gasteiger partial charge in [0, 0.05) is 52.0 Å². The summed E-state index contributed by atoms with van der Waals surface area (Å²) in [6.45, 7) is 6.05. The van der Waals surface area contributed by atoms with Gasteiger partial charge in [-0.1, -0.05) is 6.07 Å². The third-order valence-corrected chi connectivity index (χ3v) is 8.07. The van der Waals surface area contributed by atoms with Crippen LogP contribution in [0.15, 0.2) is 18.2 Å². The summed E-state index contributed by atoms with van der Waals surface area (Å²) in [7, 11) is 1.67. The monoisotopic (exact) mass is 514 g/mol. The molecule has 2 saturated heterocycles. The number of alkyl halides is 3. The number of methoxy groups -OCH3 is 1. The molecule has 36 heavy (non-hydrogen) atoms. The van der Waals surface area contributed by atoms with Crippen LogP contribution in [0.5, 0.6) is 0 Å². The Balaban J connectivity index is 1.42. The van der Waals surface area contributed by atoms with E-state index < -0.39 is 22.9 Å². The molecule has 4 rings (SSSR count). The average Bonchev–Trinajstić information content (AvgIpc) is 3.29. The summed E-state index contributed by atoms with van der Waals surface area (Å²) in [5.41, 5.74) is -3.09. The summed E-state index contributed by atoms with van der Waals surface area (Å²) < 4.78 is 50.3. The number of nitrogens with one attached hydrogen (secondary N) is 1. The van der Waals surface area contributed by atoms with Gasteiger partial charge in [0.25, 0.3) is 0 Å². The van der Waals surface area contributed by atoms with Gasteiger partial charge in [0.15, 0.2) is 0 Å². The van der Waals surface area contributed by atoms with Crippen molar-refractivity contribution in [2.75, 3.05) is 51.4 Å². The van der Waals surface area contributed by atoms with E-state index in [0.29, 0.717) is 52.2 Å². The van der Waals surface area contributed by atoms with E-state index in [2.05, 4.69) is 10.3 Å². The van der Waals surface area contributed by atoms with E-state index in [1.165, 1.54) is 6.07 Å². The van der Waals surface area contributed by atoms with E-state index in [-0.39, 0.29) is 29.9 Å². The first-order valence-corrected chi connectivity index (χ1v) is 12.6. The van der Waals surface area contributed by atoms with Crippen LogP contribution in [0.25, 0.3) is 0 Å². The van der Waals surface area contributed by atoms with Crippen molar-refractivity contribution in [3.63, 3.8) is 0 Å². The number of rotatable bonds is 6. The van der Waals surface area contributed by atoms with Crippen molar-refractivity contribution < 1.29 is 32.5 Å². The minimum Gasteiger partial charge on any atom is -0.389 e. The first-order valence-electron chi connectivity index (χ1n) is 12.6. The maximum Gasteiger partial charge on any atom is 0.433 e. The summed E-state index contributed by atoms with van der Waals surface area (Å²) in [5, 5.41) is 14.8. The van der Waals surface area contributed by atoms with Crippen molar-refractivity contribution >= 4 is 11.7 Å². The summed E-state index contributed by atoms with van der Waals surface area (Å²) in [6.07, 6.45) is -1.90. The van der Waals surface area contributed by atoms with Crippen molar-refractivity contribution in [1.29, 1.82) is 0 Å². The van der Waals surface area contributed by atoms with E-state index in [1.54, 1.807) is 36.8 Å². The number of hydrogen-bond donors (Lipinski definition) is 2. The van der Waals surface area contributed by atoms with Crippen LogP contribution in [0.1, 0.15) is 45.2 Å². The lowest BCUT2D eigenvalue weighted by atomic mass is 9.70. The van der Waals surface area contributed by atoms with Crippen LogP contribution in [-0.2, 0) is 20.4 Å². The van der Waals surface area contributed by atoms with Gasteiger partial charge in [-0.2, -0.15) is 13.2 Å². The second kappa shape index (κ2) is 10.4. The molecule has 2 aliphatic heterocycles. The standard InChI is InChI=1S/C25H37F3N4O4/c1-23(2,34)24(9-7-17(15-24)29-18-8-14-36-16-19(18)35-3)22(33)32-12-10-31(11-13-32)21-6-4-5-20(30-21)25(26,27)28/h4-6,17-19,29,34H,7-16H2,1-3H3/t17-,18?,19?,24+/m0/s1. The van der Waals surface area contributed by atoms with Crippen LogP contribution in [0.2, 0.25) is 0 Å². The quantitative estimate of drug-likeness (QED) is 0.603. The second-order valence-corrected chi connectivity index (χ2v) is 10.6. The first kappa shape index (κ1) is 27.1. The van der Waals surface area contributed by atoms with E-state index in [4.69, 9.17) is 9.47 Å². The Labute approximate surface area is 210 Å². The predicted octanol–water partition coefficient (Wildman–Crippen LogP) is 2.45. The van der Waals surface area contributed by atoms with Gasteiger partial charge in [-0.3, -0.25) is 4.79 Å². The van der Waals surface area contributed by atoms with E-state index >= 15 is 0 Å². The summed E-state index contributed by atoms with van der Waals surface area (Å²) in [4.78, 5) is 21.2. The number of pyridine rings is 1. The molecule has 0 bridgehead atoms. The van der Waals surface area contributed by atoms with Gasteiger partial charge in [0.2, 0.25) is 5.91 Å². The van der Waals surface area contributed by atoms with Crippen LogP contribution >= 0.6 is 0 Å². The van der Waals surface area contributed by atoms with Gasteiger partial charge >= 0.3 is 6.18 Å². The fourth-order valence-electron chi connectivity index (χ4n) is 5.84. The Hall–Kier alpha value is -1.95. The van der Waals surface area contributed by atoms with E-state index in [0.717, 1.165) is 18.9 Å². The van der Waals surface area contributed by atoms with Crippen molar-refractivity contribution in [1.82, 2.24) is 15.2 Å². The molecule has 1 saturated carbocycles. The fraction of sp³-hybridized carbons (Fsp3) is 0.760. The smallest absolute Gasteiger partial charge is 0.389 e. The summed E-state index contributed by atoms with van der Waals surface area (Å²) in [5.74, 6) is 0.162. The molecule has 0 radical (unpaired) electrons. The van der Waals surface area contributed by atoms with Crippen LogP contribution < -0.4 is 10.2 Å². The average molecular weight is 515 g/mol. The van der Waals surface area contributed by atoms with Crippen molar-refractivity contribution in [2.24, 2.45) is 5.41 Å². The zero-order chi connectivity index (χ0) is 26.1. The van der Waals surface area contributed by atoms with Crippen molar-refractivity contribution in [3.05, 3.63) is 23.9 Å². The predicted molar refractivity (Wildman–Crippen MR) is 128 cm³/mol. The number of carbonyl (C=O) groups is 1. The molecule has 2 unspecified atom stereocenters. The third kappa shape index (κ3) is 5.49. The molecule has 3 fully saturated rings. The lowest BCUT2D eigenvalue weighted by Gasteiger charge is -2.45. The van der Waals surface area contributed by atoms with Gasteiger partial charge < -0.3 is 29.7 Å². The van der Waals surface area contributed by atoms with Gasteiger partial charge in [-0.05, 0) is 51.7 Å². The maximum atomic E-state index is 13.9. The number of amides is 1. The second-order valence-electron chi connectivity index (χ2n) is 10.6. The molecule has 4 atom stereocenters. The Bertz CT molecular complexity index is 917. The Kier molecular flexibility index (Phi) is 7.85. The molecule has 202 valence electrons. The number of aliphatic hydroxyl groups is 1. The zero-order valence-electron chi connectivity index (χ0n) is 21.2. The lowest BCUT2D eigenvalue weighted by Crippen LogP contribution is -2.59. The van der Waals surface area contributed by atoms with Gasteiger partial charge in [-0.25, -0.2) is 4.98 Å². The summed E-state index contributed by atoms with van der Waals surface area (Å²) in [6, 6.07) is 4.06. The number of nitrogens with zero attached hydrogens (tertiary/aromatic N) is 3. The zero-order valence-corrected chi connectivity index (χ0v) is 21.2. The molecule has 2 N–H and O–H groups in total. The lowest BCUT2D eigenvalue weighted by molar-refractivity contribution is -0.158. The SMILES string of the molecule is COC1COCCC1N[C@H]1CC[C@@](C(=O)N2CCN(c3cccc(C(F)(F)F)n3)CC2)(C(C)(C)O)C1. The van der Waals surface area contributed by atoms with Gasteiger partial charge in [0.05, 0.1) is 23.7 Å². The van der Waals surface area contributed by atoms with Crippen molar-refractivity contribution in [3.8, 4) is 0 Å². The minimum atomic E-state index is -4.51. The molecule has 1 amide bonds. The molecule has 3 heterocycles. The highest BCUT2D eigenvalue weighted by molar-refractivity contribution is 5.85. The highest BCUT2D eigenvalue weighted by Gasteiger charge is 2.56. The third-order valence-electron chi connectivity index (χ3n) is 8.07. The Morgan fingerprint density at radius 3 is 2.58 bits per heavy atom. The minimum absolute atomic E-state index is 0.0517. The molecular formula is C25H37F3N4O4. The number of halogens is 3. The first-order chi connectivity index (χ1) is 16.9. The molecule has 0 aromatic carbocycles. The number of hydrogen-bond acceptors (Lipinski definition) is 7. The van der Waals surface area contributed by atoms with Crippen LogP contribution in [0.3, 0.4) is 0 Å². The summed E-state index contributed by atoms with van der Waals surface area (Å²) >= 11 is 0.